The number of hydrogen-bond donors (Lipinski definition) is 2. The molecule has 0 unspecified atom stereocenters. The number of ether oxygens (including phenoxy) is 1. The Labute approximate surface area is 181 Å². The molecule has 4 amide bonds. The van der Waals surface area contributed by atoms with Crippen molar-refractivity contribution in [2.45, 2.75) is 6.92 Å². The number of anilines is 1. The molecule has 3 rings (SSSR count). The second-order valence-corrected chi connectivity index (χ2v) is 6.57. The Kier molecular flexibility index (Phi) is 6.59. The van der Waals surface area contributed by atoms with Crippen molar-refractivity contribution in [1.29, 1.82) is 0 Å². The Morgan fingerprint density at radius 3 is 2.38 bits per heavy atom. The molecule has 2 N–H and O–H groups in total. The van der Waals surface area contributed by atoms with E-state index in [-0.39, 0.29) is 18.0 Å². The number of esters is 1. The maximum atomic E-state index is 12.5. The van der Waals surface area contributed by atoms with Gasteiger partial charge in [0.2, 0.25) is 5.91 Å². The molecule has 0 aliphatic carbocycles. The average Bonchev–Trinajstić information content (AvgIpc) is 3.02. The molecule has 11 heteroatoms. The van der Waals surface area contributed by atoms with E-state index in [9.17, 15) is 29.3 Å². The minimum Gasteiger partial charge on any atom is -0.462 e. The molecule has 164 valence electrons. The monoisotopic (exact) mass is 438 g/mol. The van der Waals surface area contributed by atoms with Gasteiger partial charge in [0.1, 0.15) is 12.2 Å². The van der Waals surface area contributed by atoms with Crippen LogP contribution < -0.4 is 10.6 Å². The van der Waals surface area contributed by atoms with Crippen LogP contribution in [0.5, 0.6) is 0 Å². The van der Waals surface area contributed by atoms with Crippen molar-refractivity contribution < 1.29 is 28.8 Å². The van der Waals surface area contributed by atoms with E-state index >= 15 is 0 Å². The molecule has 0 spiro atoms. The molecule has 0 radical (unpaired) electrons. The number of benzene rings is 2. The molecule has 0 saturated carbocycles. The van der Waals surface area contributed by atoms with Gasteiger partial charge in [-0.3, -0.25) is 19.7 Å². The molecule has 32 heavy (non-hydrogen) atoms. The number of nitrogens with zero attached hydrogens (tertiary/aromatic N) is 2. The molecule has 0 bridgehead atoms. The maximum Gasteiger partial charge on any atom is 0.338 e. The minimum atomic E-state index is -0.768. The van der Waals surface area contributed by atoms with Gasteiger partial charge in [0.05, 0.1) is 17.1 Å². The number of carbonyl (C=O) groups excluding carboxylic acids is 4. The Bertz CT molecular complexity index is 1110. The first-order chi connectivity index (χ1) is 15.3. The average molecular weight is 438 g/mol. The van der Waals surface area contributed by atoms with Crippen LogP contribution in [0.25, 0.3) is 6.08 Å². The summed E-state index contributed by atoms with van der Waals surface area (Å²) in [6, 6.07) is 10.6. The summed E-state index contributed by atoms with van der Waals surface area (Å²) in [6.07, 6.45) is 1.36. The van der Waals surface area contributed by atoms with E-state index in [0.717, 1.165) is 4.90 Å². The van der Waals surface area contributed by atoms with E-state index in [1.165, 1.54) is 54.6 Å². The van der Waals surface area contributed by atoms with Crippen LogP contribution in [0.2, 0.25) is 0 Å². The lowest BCUT2D eigenvalue weighted by molar-refractivity contribution is -0.384. The molecule has 2 aromatic rings. The summed E-state index contributed by atoms with van der Waals surface area (Å²) in [5.74, 6) is -1.81. The van der Waals surface area contributed by atoms with Gasteiger partial charge < -0.3 is 15.4 Å². The number of urea groups is 1. The Morgan fingerprint density at radius 2 is 1.78 bits per heavy atom. The highest BCUT2D eigenvalue weighted by molar-refractivity contribution is 6.16. The smallest absolute Gasteiger partial charge is 0.338 e. The highest BCUT2D eigenvalue weighted by Crippen LogP contribution is 2.17. The van der Waals surface area contributed by atoms with E-state index < -0.39 is 35.3 Å². The van der Waals surface area contributed by atoms with Crippen molar-refractivity contribution in [3.05, 3.63) is 75.5 Å². The van der Waals surface area contributed by atoms with Crippen molar-refractivity contribution >= 4 is 41.3 Å². The first-order valence-electron chi connectivity index (χ1n) is 9.44. The molecule has 0 atom stereocenters. The van der Waals surface area contributed by atoms with Gasteiger partial charge in [-0.05, 0) is 55.0 Å². The van der Waals surface area contributed by atoms with E-state index in [4.69, 9.17) is 4.74 Å². The predicted molar refractivity (Wildman–Crippen MR) is 112 cm³/mol. The van der Waals surface area contributed by atoms with Gasteiger partial charge in [-0.15, -0.1) is 0 Å². The van der Waals surface area contributed by atoms with Gasteiger partial charge in [0.25, 0.3) is 11.6 Å². The topological polar surface area (TPSA) is 148 Å². The van der Waals surface area contributed by atoms with Gasteiger partial charge in [-0.25, -0.2) is 14.5 Å². The lowest BCUT2D eigenvalue weighted by Gasteiger charge is -2.12. The normalized spacial score (nSPS) is 14.3. The third-order valence-electron chi connectivity index (χ3n) is 4.36. The molecule has 0 aromatic heterocycles. The summed E-state index contributed by atoms with van der Waals surface area (Å²) in [5.41, 5.74) is 0.988. The van der Waals surface area contributed by atoms with E-state index in [1.54, 1.807) is 6.92 Å². The molecule has 2 aromatic carbocycles. The first kappa shape index (κ1) is 22.2. The van der Waals surface area contributed by atoms with Crippen LogP contribution in [0.1, 0.15) is 22.8 Å². The Hall–Kier alpha value is -4.54. The second kappa shape index (κ2) is 9.51. The van der Waals surface area contributed by atoms with Crippen LogP contribution in [0.4, 0.5) is 16.2 Å². The predicted octanol–water partition coefficient (Wildman–Crippen LogP) is 2.30. The van der Waals surface area contributed by atoms with Gasteiger partial charge >= 0.3 is 12.0 Å². The van der Waals surface area contributed by atoms with Crippen LogP contribution in [0, 0.1) is 10.1 Å². The lowest BCUT2D eigenvalue weighted by Crippen LogP contribution is -2.38. The zero-order valence-corrected chi connectivity index (χ0v) is 16.9. The quantitative estimate of drug-likeness (QED) is 0.222. The van der Waals surface area contributed by atoms with Crippen LogP contribution >= 0.6 is 0 Å². The van der Waals surface area contributed by atoms with Gasteiger partial charge in [-0.1, -0.05) is 0 Å². The molecule has 1 heterocycles. The van der Waals surface area contributed by atoms with Gasteiger partial charge in [-0.2, -0.15) is 0 Å². The standard InChI is InChI=1S/C21H18N4O7/c1-2-32-20(28)14-5-7-15(8-6-14)22-18(26)12-24-19(27)17(23-21(24)29)11-13-3-9-16(10-4-13)25(30)31/h3-11H,2,12H2,1H3,(H,22,26)(H,23,29)/b17-11-. The summed E-state index contributed by atoms with van der Waals surface area (Å²) < 4.78 is 4.88. The molecule has 1 aliphatic heterocycles. The van der Waals surface area contributed by atoms with Crippen LogP contribution in [-0.2, 0) is 14.3 Å². The van der Waals surface area contributed by atoms with E-state index in [0.29, 0.717) is 16.8 Å². The number of amides is 4. The number of nitrogens with one attached hydrogen (secondary N) is 2. The number of imide groups is 1. The van der Waals surface area contributed by atoms with Crippen LogP contribution in [0.15, 0.2) is 54.2 Å². The molecule has 11 nitrogen and oxygen atoms in total. The summed E-state index contributed by atoms with van der Waals surface area (Å²) in [5, 5.41) is 15.6. The summed E-state index contributed by atoms with van der Waals surface area (Å²) in [4.78, 5) is 59.5. The molecular formula is C21H18N4O7. The fourth-order valence-electron chi connectivity index (χ4n) is 2.82. The van der Waals surface area contributed by atoms with E-state index in [2.05, 4.69) is 10.6 Å². The Balaban J connectivity index is 1.63. The van der Waals surface area contributed by atoms with E-state index in [1.807, 2.05) is 0 Å². The second-order valence-electron chi connectivity index (χ2n) is 6.57. The minimum absolute atomic E-state index is 0.0598. The zero-order valence-electron chi connectivity index (χ0n) is 16.9. The third-order valence-corrected chi connectivity index (χ3v) is 4.36. The fourth-order valence-corrected chi connectivity index (χ4v) is 2.82. The van der Waals surface area contributed by atoms with Crippen molar-refractivity contribution in [1.82, 2.24) is 10.2 Å². The highest BCUT2D eigenvalue weighted by atomic mass is 16.6. The molecular weight excluding hydrogens is 420 g/mol. The SMILES string of the molecule is CCOC(=O)c1ccc(NC(=O)CN2C(=O)N/C(=C\c3ccc([N+](=O)[O-])cc3)C2=O)cc1. The zero-order chi connectivity index (χ0) is 23.3. The summed E-state index contributed by atoms with van der Waals surface area (Å²) >= 11 is 0. The number of hydrogen-bond acceptors (Lipinski definition) is 7. The number of rotatable bonds is 7. The van der Waals surface area contributed by atoms with Gasteiger partial charge in [0.15, 0.2) is 0 Å². The van der Waals surface area contributed by atoms with Crippen LogP contribution in [0.3, 0.4) is 0 Å². The highest BCUT2D eigenvalue weighted by Gasteiger charge is 2.34. The van der Waals surface area contributed by atoms with Crippen molar-refractivity contribution in [3.63, 3.8) is 0 Å². The third kappa shape index (κ3) is 5.14. The maximum absolute atomic E-state index is 12.5. The fraction of sp³-hybridized carbons (Fsp3) is 0.143. The summed E-state index contributed by atoms with van der Waals surface area (Å²) in [6.45, 7) is 1.40. The first-order valence-corrected chi connectivity index (χ1v) is 9.44. The number of carbonyl (C=O) groups is 4. The molecule has 1 saturated heterocycles. The van der Waals surface area contributed by atoms with Crippen molar-refractivity contribution in [3.8, 4) is 0 Å². The lowest BCUT2D eigenvalue weighted by atomic mass is 10.1. The van der Waals surface area contributed by atoms with Crippen molar-refractivity contribution in [2.75, 3.05) is 18.5 Å². The molecule has 1 fully saturated rings. The molecule has 1 aliphatic rings. The van der Waals surface area contributed by atoms with Crippen molar-refractivity contribution in [2.24, 2.45) is 0 Å². The Morgan fingerprint density at radius 1 is 1.12 bits per heavy atom. The van der Waals surface area contributed by atoms with Crippen LogP contribution in [-0.4, -0.2) is 46.8 Å². The number of nitro groups is 1. The number of non-ortho nitro benzene ring substituents is 1. The van der Waals surface area contributed by atoms with Gasteiger partial charge in [0, 0.05) is 17.8 Å². The largest absolute Gasteiger partial charge is 0.462 e. The number of nitro benzene ring substituents is 1. The summed E-state index contributed by atoms with van der Waals surface area (Å²) in [7, 11) is 0.